The number of hydrogen-bond donors (Lipinski definition) is 1. The average Bonchev–Trinajstić information content (AvgIpc) is 2.20. The summed E-state index contributed by atoms with van der Waals surface area (Å²) in [7, 11) is 1.68. The number of methoxy groups -OCH3 is 1. The van der Waals surface area contributed by atoms with Crippen molar-refractivity contribution in [2.75, 3.05) is 19.0 Å². The van der Waals surface area contributed by atoms with Crippen LogP contribution in [0.4, 0.5) is 5.82 Å². The van der Waals surface area contributed by atoms with E-state index in [-0.39, 0.29) is 6.04 Å². The molecule has 0 aliphatic rings. The lowest BCUT2D eigenvalue weighted by Gasteiger charge is -2.15. The van der Waals surface area contributed by atoms with Crippen molar-refractivity contribution in [1.29, 1.82) is 0 Å². The topological polar surface area (TPSA) is 47.0 Å². The number of aromatic nitrogens is 2. The molecule has 1 unspecified atom stereocenters. The predicted molar refractivity (Wildman–Crippen MR) is 56.6 cm³/mol. The van der Waals surface area contributed by atoms with Crippen LogP contribution in [0.25, 0.3) is 0 Å². The molecule has 4 nitrogen and oxygen atoms in total. The lowest BCUT2D eigenvalue weighted by molar-refractivity contribution is 0.184. The Hall–Kier alpha value is -0.870. The molecule has 0 fully saturated rings. The molecule has 0 spiro atoms. The van der Waals surface area contributed by atoms with Crippen molar-refractivity contribution in [2.24, 2.45) is 0 Å². The van der Waals surface area contributed by atoms with E-state index >= 15 is 0 Å². The third kappa shape index (κ3) is 3.47. The fourth-order valence-corrected chi connectivity index (χ4v) is 1.17. The highest BCUT2D eigenvalue weighted by Crippen LogP contribution is 2.08. The van der Waals surface area contributed by atoms with Crippen molar-refractivity contribution in [3.8, 4) is 0 Å². The molecule has 1 rings (SSSR count). The molecule has 0 saturated heterocycles. The summed E-state index contributed by atoms with van der Waals surface area (Å²) in [6.45, 7) is 2.74. The Morgan fingerprint density at radius 1 is 1.50 bits per heavy atom. The molecule has 0 aliphatic carbocycles. The first-order chi connectivity index (χ1) is 6.76. The average molecular weight is 216 g/mol. The van der Waals surface area contributed by atoms with Gasteiger partial charge in [-0.2, -0.15) is 0 Å². The van der Waals surface area contributed by atoms with E-state index in [1.807, 2.05) is 0 Å². The van der Waals surface area contributed by atoms with Gasteiger partial charge in [-0.15, -0.1) is 10.2 Å². The Kier molecular flexibility index (Phi) is 4.62. The first-order valence-corrected chi connectivity index (χ1v) is 4.88. The summed E-state index contributed by atoms with van der Waals surface area (Å²) < 4.78 is 5.05. The number of hydrogen-bond acceptors (Lipinski definition) is 4. The maximum atomic E-state index is 5.62. The summed E-state index contributed by atoms with van der Waals surface area (Å²) in [6, 6.07) is 3.76. The van der Waals surface area contributed by atoms with E-state index < -0.39 is 0 Å². The SMILES string of the molecule is CCC(COC)Nc1ccc(Cl)nn1. The van der Waals surface area contributed by atoms with Gasteiger partial charge in [-0.3, -0.25) is 0 Å². The summed E-state index contributed by atoms with van der Waals surface area (Å²) in [6.07, 6.45) is 0.970. The fraction of sp³-hybridized carbons (Fsp3) is 0.556. The van der Waals surface area contributed by atoms with Crippen LogP contribution in [0.1, 0.15) is 13.3 Å². The monoisotopic (exact) mass is 215 g/mol. The molecular formula is C9H14ClN3O. The van der Waals surface area contributed by atoms with Crippen LogP contribution >= 0.6 is 11.6 Å². The van der Waals surface area contributed by atoms with Crippen LogP contribution in [0.5, 0.6) is 0 Å². The van der Waals surface area contributed by atoms with Crippen molar-refractivity contribution in [1.82, 2.24) is 10.2 Å². The number of anilines is 1. The van der Waals surface area contributed by atoms with Gasteiger partial charge in [-0.1, -0.05) is 18.5 Å². The molecule has 78 valence electrons. The van der Waals surface area contributed by atoms with Crippen molar-refractivity contribution in [3.05, 3.63) is 17.3 Å². The first-order valence-electron chi connectivity index (χ1n) is 4.51. The number of nitrogens with zero attached hydrogens (tertiary/aromatic N) is 2. The van der Waals surface area contributed by atoms with E-state index in [2.05, 4.69) is 22.4 Å². The van der Waals surface area contributed by atoms with Gasteiger partial charge in [-0.25, -0.2) is 0 Å². The Labute approximate surface area is 88.6 Å². The molecule has 0 bridgehead atoms. The third-order valence-electron chi connectivity index (χ3n) is 1.84. The molecular weight excluding hydrogens is 202 g/mol. The minimum Gasteiger partial charge on any atom is -0.383 e. The number of ether oxygens (including phenoxy) is 1. The largest absolute Gasteiger partial charge is 0.383 e. The zero-order chi connectivity index (χ0) is 10.4. The summed E-state index contributed by atoms with van der Waals surface area (Å²) in [5.74, 6) is 0.721. The highest BCUT2D eigenvalue weighted by Gasteiger charge is 2.05. The second-order valence-corrected chi connectivity index (χ2v) is 3.33. The van der Waals surface area contributed by atoms with E-state index in [1.165, 1.54) is 0 Å². The van der Waals surface area contributed by atoms with Crippen molar-refractivity contribution < 1.29 is 4.74 Å². The zero-order valence-electron chi connectivity index (χ0n) is 8.33. The van der Waals surface area contributed by atoms with Gasteiger partial charge in [0.05, 0.1) is 12.6 Å². The highest BCUT2D eigenvalue weighted by molar-refractivity contribution is 6.29. The van der Waals surface area contributed by atoms with Gasteiger partial charge in [0.25, 0.3) is 0 Å². The molecule has 0 aliphatic heterocycles. The maximum Gasteiger partial charge on any atom is 0.151 e. The molecule has 14 heavy (non-hydrogen) atoms. The molecule has 1 aromatic heterocycles. The molecule has 0 radical (unpaired) electrons. The normalized spacial score (nSPS) is 12.5. The lowest BCUT2D eigenvalue weighted by Crippen LogP contribution is -2.24. The molecule has 1 aromatic rings. The zero-order valence-corrected chi connectivity index (χ0v) is 9.08. The summed E-state index contributed by atoms with van der Waals surface area (Å²) in [4.78, 5) is 0. The van der Waals surface area contributed by atoms with Crippen LogP contribution in [0.2, 0.25) is 5.15 Å². The van der Waals surface area contributed by atoms with E-state index in [4.69, 9.17) is 16.3 Å². The van der Waals surface area contributed by atoms with Gasteiger partial charge in [0.1, 0.15) is 5.82 Å². The predicted octanol–water partition coefficient (Wildman–Crippen LogP) is 1.97. The Morgan fingerprint density at radius 2 is 2.29 bits per heavy atom. The summed E-state index contributed by atoms with van der Waals surface area (Å²) in [5.41, 5.74) is 0. The van der Waals surface area contributed by atoms with Crippen LogP contribution in [-0.4, -0.2) is 30.0 Å². The summed E-state index contributed by atoms with van der Waals surface area (Å²) in [5, 5.41) is 11.2. The van der Waals surface area contributed by atoms with E-state index in [0.29, 0.717) is 11.8 Å². The molecule has 1 heterocycles. The highest BCUT2D eigenvalue weighted by atomic mass is 35.5. The van der Waals surface area contributed by atoms with Crippen molar-refractivity contribution in [2.45, 2.75) is 19.4 Å². The van der Waals surface area contributed by atoms with Gasteiger partial charge in [0, 0.05) is 7.11 Å². The van der Waals surface area contributed by atoms with Crippen LogP contribution in [-0.2, 0) is 4.74 Å². The van der Waals surface area contributed by atoms with Crippen LogP contribution in [0.3, 0.4) is 0 Å². The smallest absolute Gasteiger partial charge is 0.151 e. The minimum absolute atomic E-state index is 0.260. The molecule has 0 aromatic carbocycles. The fourth-order valence-electron chi connectivity index (χ4n) is 1.06. The Bertz CT molecular complexity index is 265. The number of halogens is 1. The quantitative estimate of drug-likeness (QED) is 0.816. The standard InChI is InChI=1S/C9H14ClN3O/c1-3-7(6-14-2)11-9-5-4-8(10)12-13-9/h4-5,7H,3,6H2,1-2H3,(H,11,13). The molecule has 0 amide bonds. The lowest BCUT2D eigenvalue weighted by atomic mass is 10.2. The molecule has 1 atom stereocenters. The van der Waals surface area contributed by atoms with E-state index in [9.17, 15) is 0 Å². The number of rotatable bonds is 5. The van der Waals surface area contributed by atoms with Gasteiger partial charge in [0.15, 0.2) is 5.15 Å². The second-order valence-electron chi connectivity index (χ2n) is 2.95. The minimum atomic E-state index is 0.260. The molecule has 0 saturated carbocycles. The van der Waals surface area contributed by atoms with Crippen LogP contribution < -0.4 is 5.32 Å². The van der Waals surface area contributed by atoms with Crippen LogP contribution in [0, 0.1) is 0 Å². The van der Waals surface area contributed by atoms with Gasteiger partial charge in [-0.05, 0) is 18.6 Å². The molecule has 1 N–H and O–H groups in total. The third-order valence-corrected chi connectivity index (χ3v) is 2.05. The second kappa shape index (κ2) is 5.78. The van der Waals surface area contributed by atoms with Gasteiger partial charge >= 0.3 is 0 Å². The van der Waals surface area contributed by atoms with Crippen LogP contribution in [0.15, 0.2) is 12.1 Å². The van der Waals surface area contributed by atoms with E-state index in [1.54, 1.807) is 19.2 Å². The first kappa shape index (κ1) is 11.2. The number of nitrogens with one attached hydrogen (secondary N) is 1. The Balaban J connectivity index is 2.53. The molecule has 5 heteroatoms. The van der Waals surface area contributed by atoms with Crippen molar-refractivity contribution in [3.63, 3.8) is 0 Å². The Morgan fingerprint density at radius 3 is 2.79 bits per heavy atom. The van der Waals surface area contributed by atoms with Gasteiger partial charge in [0.2, 0.25) is 0 Å². The van der Waals surface area contributed by atoms with E-state index in [0.717, 1.165) is 12.2 Å². The maximum absolute atomic E-state index is 5.62. The summed E-state index contributed by atoms with van der Waals surface area (Å²) >= 11 is 5.62. The van der Waals surface area contributed by atoms with Gasteiger partial charge < -0.3 is 10.1 Å². The van der Waals surface area contributed by atoms with Crippen molar-refractivity contribution >= 4 is 17.4 Å².